The standard InChI is InChI=1S/C17H19ClN4O2/c1-3-22(4-2)17(24)14(12-8-6-5-7-9-12)21-16(23)15-13(18)10-19-11-20-15/h5-11,14H,3-4H2,1-2H3,(H,21,23)/t14-/m1/s1. The van der Waals surface area contributed by atoms with Crippen LogP contribution in [0.2, 0.25) is 5.02 Å². The van der Waals surface area contributed by atoms with E-state index in [0.29, 0.717) is 18.7 Å². The van der Waals surface area contributed by atoms with Crippen LogP contribution in [-0.2, 0) is 4.79 Å². The van der Waals surface area contributed by atoms with Gasteiger partial charge in [0.05, 0.1) is 5.02 Å². The topological polar surface area (TPSA) is 75.2 Å². The van der Waals surface area contributed by atoms with Crippen molar-refractivity contribution in [2.24, 2.45) is 0 Å². The van der Waals surface area contributed by atoms with Crippen LogP contribution in [0.4, 0.5) is 0 Å². The van der Waals surface area contributed by atoms with Gasteiger partial charge in [0.1, 0.15) is 18.1 Å². The summed E-state index contributed by atoms with van der Waals surface area (Å²) in [5.74, 6) is -0.693. The number of nitrogens with one attached hydrogen (secondary N) is 1. The van der Waals surface area contributed by atoms with Gasteiger partial charge in [-0.1, -0.05) is 41.9 Å². The summed E-state index contributed by atoms with van der Waals surface area (Å²) in [6.07, 6.45) is 2.58. The van der Waals surface area contributed by atoms with Crippen LogP contribution >= 0.6 is 11.6 Å². The molecule has 0 aliphatic rings. The summed E-state index contributed by atoms with van der Waals surface area (Å²) in [7, 11) is 0. The van der Waals surface area contributed by atoms with Gasteiger partial charge in [0.25, 0.3) is 5.91 Å². The van der Waals surface area contributed by atoms with Crippen LogP contribution in [0.15, 0.2) is 42.9 Å². The molecule has 0 bridgehead atoms. The van der Waals surface area contributed by atoms with Crippen LogP contribution in [0.25, 0.3) is 0 Å². The van der Waals surface area contributed by atoms with Gasteiger partial charge < -0.3 is 10.2 Å². The fraction of sp³-hybridized carbons (Fsp3) is 0.294. The Labute approximate surface area is 145 Å². The Kier molecular flexibility index (Phi) is 6.26. The number of carbonyl (C=O) groups excluding carboxylic acids is 2. The maximum absolute atomic E-state index is 12.8. The van der Waals surface area contributed by atoms with Crippen LogP contribution in [-0.4, -0.2) is 39.8 Å². The first-order valence-corrected chi connectivity index (χ1v) is 8.06. The highest BCUT2D eigenvalue weighted by atomic mass is 35.5. The molecule has 126 valence electrons. The molecule has 1 N–H and O–H groups in total. The van der Waals surface area contributed by atoms with Gasteiger partial charge in [0.2, 0.25) is 5.91 Å². The van der Waals surface area contributed by atoms with E-state index in [1.165, 1.54) is 12.5 Å². The molecule has 0 saturated carbocycles. The zero-order valence-electron chi connectivity index (χ0n) is 13.6. The molecule has 1 aromatic carbocycles. The molecule has 0 aliphatic carbocycles. The minimum absolute atomic E-state index is 0.0416. The van der Waals surface area contributed by atoms with E-state index in [9.17, 15) is 9.59 Å². The average Bonchev–Trinajstić information content (AvgIpc) is 2.61. The van der Waals surface area contributed by atoms with E-state index in [0.717, 1.165) is 0 Å². The molecule has 7 heteroatoms. The van der Waals surface area contributed by atoms with E-state index in [2.05, 4.69) is 15.3 Å². The zero-order chi connectivity index (χ0) is 17.5. The summed E-state index contributed by atoms with van der Waals surface area (Å²) < 4.78 is 0. The summed E-state index contributed by atoms with van der Waals surface area (Å²) in [4.78, 5) is 34.6. The van der Waals surface area contributed by atoms with Gasteiger partial charge in [-0.25, -0.2) is 9.97 Å². The Morgan fingerprint density at radius 3 is 2.46 bits per heavy atom. The summed E-state index contributed by atoms with van der Waals surface area (Å²) in [5, 5.41) is 2.87. The van der Waals surface area contributed by atoms with E-state index < -0.39 is 11.9 Å². The number of carbonyl (C=O) groups is 2. The molecule has 0 spiro atoms. The highest BCUT2D eigenvalue weighted by Gasteiger charge is 2.27. The molecule has 24 heavy (non-hydrogen) atoms. The van der Waals surface area contributed by atoms with Crippen molar-refractivity contribution in [2.45, 2.75) is 19.9 Å². The average molecular weight is 347 g/mol. The van der Waals surface area contributed by atoms with Crippen LogP contribution in [0.5, 0.6) is 0 Å². The van der Waals surface area contributed by atoms with E-state index in [1.807, 2.05) is 32.0 Å². The molecule has 1 heterocycles. The summed E-state index contributed by atoms with van der Waals surface area (Å²) >= 11 is 5.96. The molecule has 2 rings (SSSR count). The number of benzene rings is 1. The number of hydrogen-bond acceptors (Lipinski definition) is 4. The van der Waals surface area contributed by atoms with Gasteiger partial charge in [0.15, 0.2) is 0 Å². The van der Waals surface area contributed by atoms with E-state index >= 15 is 0 Å². The lowest BCUT2D eigenvalue weighted by atomic mass is 10.1. The summed E-state index contributed by atoms with van der Waals surface area (Å²) in [6, 6.07) is 8.29. The van der Waals surface area contributed by atoms with Crippen molar-refractivity contribution in [1.29, 1.82) is 0 Å². The first-order chi connectivity index (χ1) is 11.6. The lowest BCUT2D eigenvalue weighted by Crippen LogP contribution is -2.43. The molecule has 0 radical (unpaired) electrons. The maximum Gasteiger partial charge on any atom is 0.272 e. The Balaban J connectivity index is 2.31. The molecular formula is C17H19ClN4O2. The predicted octanol–water partition coefficient (Wildman–Crippen LogP) is 2.47. The molecule has 0 aliphatic heterocycles. The number of aromatic nitrogens is 2. The largest absolute Gasteiger partial charge is 0.341 e. The minimum atomic E-state index is -0.801. The third-order valence-electron chi connectivity index (χ3n) is 3.61. The zero-order valence-corrected chi connectivity index (χ0v) is 14.3. The lowest BCUT2D eigenvalue weighted by molar-refractivity contribution is -0.133. The van der Waals surface area contributed by atoms with Gasteiger partial charge in [0, 0.05) is 19.3 Å². The third kappa shape index (κ3) is 4.08. The molecule has 6 nitrogen and oxygen atoms in total. The van der Waals surface area contributed by atoms with E-state index in [-0.39, 0.29) is 16.6 Å². The molecule has 2 aromatic rings. The van der Waals surface area contributed by atoms with Crippen molar-refractivity contribution in [1.82, 2.24) is 20.2 Å². The molecule has 2 amide bonds. The Hall–Kier alpha value is -2.47. The number of likely N-dealkylation sites (N-methyl/N-ethyl adjacent to an activating group) is 1. The maximum atomic E-state index is 12.8. The third-order valence-corrected chi connectivity index (χ3v) is 3.89. The van der Waals surface area contributed by atoms with Crippen LogP contribution in [0.3, 0.4) is 0 Å². The fourth-order valence-corrected chi connectivity index (χ4v) is 2.52. The molecular weight excluding hydrogens is 328 g/mol. The number of rotatable bonds is 6. The number of amides is 2. The number of nitrogens with zero attached hydrogens (tertiary/aromatic N) is 3. The molecule has 0 fully saturated rings. The smallest absolute Gasteiger partial charge is 0.272 e. The van der Waals surface area contributed by atoms with Crippen LogP contribution in [0.1, 0.15) is 35.9 Å². The van der Waals surface area contributed by atoms with Crippen LogP contribution < -0.4 is 5.32 Å². The van der Waals surface area contributed by atoms with Crippen molar-refractivity contribution in [3.05, 3.63) is 59.1 Å². The fourth-order valence-electron chi connectivity index (χ4n) is 2.33. The van der Waals surface area contributed by atoms with E-state index in [1.54, 1.807) is 17.0 Å². The van der Waals surface area contributed by atoms with Crippen molar-refractivity contribution >= 4 is 23.4 Å². The van der Waals surface area contributed by atoms with Crippen molar-refractivity contribution in [3.63, 3.8) is 0 Å². The Bertz CT molecular complexity index is 705. The quantitative estimate of drug-likeness (QED) is 0.871. The highest BCUT2D eigenvalue weighted by molar-refractivity contribution is 6.33. The lowest BCUT2D eigenvalue weighted by Gasteiger charge is -2.26. The van der Waals surface area contributed by atoms with Gasteiger partial charge in [-0.15, -0.1) is 0 Å². The number of halogens is 1. The van der Waals surface area contributed by atoms with Crippen molar-refractivity contribution < 1.29 is 9.59 Å². The first-order valence-electron chi connectivity index (χ1n) is 7.68. The van der Waals surface area contributed by atoms with Crippen molar-refractivity contribution in [3.8, 4) is 0 Å². The summed E-state index contributed by atoms with van der Waals surface area (Å²) in [5.41, 5.74) is 0.743. The monoisotopic (exact) mass is 346 g/mol. The second-order valence-corrected chi connectivity index (χ2v) is 5.45. The second-order valence-electron chi connectivity index (χ2n) is 5.05. The Morgan fingerprint density at radius 2 is 1.88 bits per heavy atom. The Morgan fingerprint density at radius 1 is 1.21 bits per heavy atom. The first kappa shape index (κ1) is 17.9. The van der Waals surface area contributed by atoms with E-state index in [4.69, 9.17) is 11.6 Å². The van der Waals surface area contributed by atoms with Gasteiger partial charge >= 0.3 is 0 Å². The molecule has 1 aromatic heterocycles. The predicted molar refractivity (Wildman–Crippen MR) is 91.6 cm³/mol. The highest BCUT2D eigenvalue weighted by Crippen LogP contribution is 2.18. The molecule has 0 unspecified atom stereocenters. The van der Waals surface area contributed by atoms with Gasteiger partial charge in [-0.2, -0.15) is 0 Å². The van der Waals surface area contributed by atoms with Gasteiger partial charge in [-0.3, -0.25) is 9.59 Å². The minimum Gasteiger partial charge on any atom is -0.341 e. The van der Waals surface area contributed by atoms with Gasteiger partial charge in [-0.05, 0) is 19.4 Å². The normalized spacial score (nSPS) is 11.6. The second kappa shape index (κ2) is 8.40. The number of hydrogen-bond donors (Lipinski definition) is 1. The summed E-state index contributed by atoms with van der Waals surface area (Å²) in [6.45, 7) is 4.91. The molecule has 0 saturated heterocycles. The van der Waals surface area contributed by atoms with Crippen molar-refractivity contribution in [2.75, 3.05) is 13.1 Å². The molecule has 1 atom stereocenters. The SMILES string of the molecule is CCN(CC)C(=O)[C@H](NC(=O)c1ncncc1Cl)c1ccccc1. The van der Waals surface area contributed by atoms with Crippen LogP contribution in [0, 0.1) is 0 Å².